The summed E-state index contributed by atoms with van der Waals surface area (Å²) < 4.78 is 32.1. The highest BCUT2D eigenvalue weighted by atomic mass is 33.1. The van der Waals surface area contributed by atoms with Crippen LogP contribution in [-0.2, 0) is 28.4 Å². The molecule has 6 nitrogen and oxygen atoms in total. The van der Waals surface area contributed by atoms with Crippen LogP contribution in [0.5, 0.6) is 0 Å². The highest BCUT2D eigenvalue weighted by molar-refractivity contribution is 8.76. The normalized spacial score (nSPS) is 12.4. The standard InChI is InChI=1S/C34H70O6S2/c1-35-33(36-2,37-3)29-25-21-17-13-9-7-11-15-19-23-27-31-41-42-32-28-24-20-16-12-8-10-14-18-22-26-30-34(38-4,39-5)40-6/h7-32H2,1-6H3. The molecule has 0 saturated heterocycles. The quantitative estimate of drug-likeness (QED) is 0.0386. The fourth-order valence-electron chi connectivity index (χ4n) is 5.42. The molecule has 0 aromatic heterocycles. The molecule has 0 aromatic carbocycles. The summed E-state index contributed by atoms with van der Waals surface area (Å²) in [6.45, 7) is 0. The number of rotatable bonds is 35. The predicted molar refractivity (Wildman–Crippen MR) is 183 cm³/mol. The van der Waals surface area contributed by atoms with Crippen LogP contribution in [-0.4, -0.2) is 66.1 Å². The molecule has 0 aliphatic carbocycles. The molecule has 0 bridgehead atoms. The summed E-state index contributed by atoms with van der Waals surface area (Å²) in [6.07, 6.45) is 31.0. The van der Waals surface area contributed by atoms with Crippen molar-refractivity contribution in [3.63, 3.8) is 0 Å². The Morgan fingerprint density at radius 1 is 0.286 bits per heavy atom. The van der Waals surface area contributed by atoms with Crippen LogP contribution >= 0.6 is 21.6 Å². The van der Waals surface area contributed by atoms with Crippen molar-refractivity contribution in [3.8, 4) is 0 Å². The molecule has 254 valence electrons. The van der Waals surface area contributed by atoms with Gasteiger partial charge < -0.3 is 28.4 Å². The molecular weight excluding hydrogens is 569 g/mol. The summed E-state index contributed by atoms with van der Waals surface area (Å²) in [7, 11) is 14.0. The van der Waals surface area contributed by atoms with E-state index in [1.165, 1.54) is 140 Å². The molecule has 0 aliphatic heterocycles. The van der Waals surface area contributed by atoms with Crippen LogP contribution in [0.3, 0.4) is 0 Å². The minimum absolute atomic E-state index is 0.791. The van der Waals surface area contributed by atoms with Crippen LogP contribution in [0.4, 0.5) is 0 Å². The molecule has 8 heteroatoms. The lowest BCUT2D eigenvalue weighted by molar-refractivity contribution is -0.355. The van der Waals surface area contributed by atoms with Crippen molar-refractivity contribution >= 4 is 21.6 Å². The zero-order chi connectivity index (χ0) is 31.0. The fourth-order valence-corrected chi connectivity index (χ4v) is 7.71. The van der Waals surface area contributed by atoms with Gasteiger partial charge in [-0.3, -0.25) is 0 Å². The van der Waals surface area contributed by atoms with E-state index in [4.69, 9.17) is 28.4 Å². The topological polar surface area (TPSA) is 55.4 Å². The van der Waals surface area contributed by atoms with Gasteiger partial charge in [-0.05, 0) is 25.7 Å². The van der Waals surface area contributed by atoms with Crippen molar-refractivity contribution in [3.05, 3.63) is 0 Å². The molecule has 0 aromatic rings. The van der Waals surface area contributed by atoms with Crippen molar-refractivity contribution in [1.82, 2.24) is 0 Å². The Labute approximate surface area is 269 Å². The van der Waals surface area contributed by atoms with Crippen LogP contribution in [0.1, 0.15) is 154 Å². The average Bonchev–Trinajstić information content (AvgIpc) is 3.03. The van der Waals surface area contributed by atoms with E-state index in [0.717, 1.165) is 25.7 Å². The van der Waals surface area contributed by atoms with Gasteiger partial charge in [-0.2, -0.15) is 0 Å². The van der Waals surface area contributed by atoms with Crippen LogP contribution in [0.25, 0.3) is 0 Å². The zero-order valence-electron chi connectivity index (χ0n) is 28.7. The van der Waals surface area contributed by atoms with Crippen molar-refractivity contribution in [2.24, 2.45) is 0 Å². The van der Waals surface area contributed by atoms with E-state index in [0.29, 0.717) is 0 Å². The van der Waals surface area contributed by atoms with Gasteiger partial charge in [0.15, 0.2) is 0 Å². The molecule has 0 fully saturated rings. The lowest BCUT2D eigenvalue weighted by Crippen LogP contribution is -2.35. The Bertz CT molecular complexity index is 470. The zero-order valence-corrected chi connectivity index (χ0v) is 30.3. The van der Waals surface area contributed by atoms with E-state index in [9.17, 15) is 0 Å². The predicted octanol–water partition coefficient (Wildman–Crippen LogP) is 10.9. The van der Waals surface area contributed by atoms with Gasteiger partial charge in [-0.25, -0.2) is 0 Å². The van der Waals surface area contributed by atoms with Gasteiger partial charge >= 0.3 is 0 Å². The minimum Gasteiger partial charge on any atom is -0.331 e. The van der Waals surface area contributed by atoms with Gasteiger partial charge in [0.25, 0.3) is 11.9 Å². The molecule has 0 amide bonds. The third-order valence-corrected chi connectivity index (χ3v) is 10.9. The summed E-state index contributed by atoms with van der Waals surface area (Å²) in [5, 5.41) is 0. The first-order chi connectivity index (χ1) is 20.6. The monoisotopic (exact) mass is 638 g/mol. The van der Waals surface area contributed by atoms with Gasteiger partial charge in [-0.1, -0.05) is 137 Å². The highest BCUT2D eigenvalue weighted by Gasteiger charge is 2.29. The summed E-state index contributed by atoms with van der Waals surface area (Å²) in [5.74, 6) is 0.949. The molecule has 0 rings (SSSR count). The SMILES string of the molecule is COC(CCCCCCCCCCCCCSSCCCCCCCCCCCCCC(OC)(OC)OC)(OC)OC. The molecule has 0 N–H and O–H groups in total. The van der Waals surface area contributed by atoms with Crippen LogP contribution in [0.2, 0.25) is 0 Å². The van der Waals surface area contributed by atoms with Gasteiger partial charge in [0.1, 0.15) is 0 Å². The second-order valence-corrected chi connectivity index (χ2v) is 14.2. The molecule has 0 spiro atoms. The van der Waals surface area contributed by atoms with Crippen LogP contribution in [0.15, 0.2) is 0 Å². The van der Waals surface area contributed by atoms with E-state index < -0.39 is 11.9 Å². The summed E-state index contributed by atoms with van der Waals surface area (Å²) in [4.78, 5) is 0. The molecular formula is C34H70O6S2. The maximum Gasteiger partial charge on any atom is 0.282 e. The number of methoxy groups -OCH3 is 6. The second kappa shape index (κ2) is 31.4. The molecule has 0 heterocycles. The largest absolute Gasteiger partial charge is 0.331 e. The number of unbranched alkanes of at least 4 members (excludes halogenated alkanes) is 20. The molecule has 0 radical (unpaired) electrons. The van der Waals surface area contributed by atoms with Crippen molar-refractivity contribution in [2.75, 3.05) is 54.2 Å². The molecule has 0 saturated carbocycles. The number of hydrogen-bond acceptors (Lipinski definition) is 8. The Hall–Kier alpha value is 0.460. The maximum absolute atomic E-state index is 5.35. The third kappa shape index (κ3) is 23.8. The lowest BCUT2D eigenvalue weighted by Gasteiger charge is -2.28. The smallest absolute Gasteiger partial charge is 0.282 e. The molecule has 42 heavy (non-hydrogen) atoms. The Morgan fingerprint density at radius 3 is 0.690 bits per heavy atom. The maximum atomic E-state index is 5.35. The third-order valence-electron chi connectivity index (χ3n) is 8.37. The Balaban J connectivity index is 3.22. The number of ether oxygens (including phenoxy) is 6. The first-order valence-electron chi connectivity index (χ1n) is 17.1. The lowest BCUT2D eigenvalue weighted by atomic mass is 10.0. The molecule has 0 atom stereocenters. The Morgan fingerprint density at radius 2 is 0.476 bits per heavy atom. The Kier molecular flexibility index (Phi) is 31.8. The molecule has 0 unspecified atom stereocenters. The second-order valence-electron chi connectivity index (χ2n) is 11.5. The van der Waals surface area contributed by atoms with E-state index in [2.05, 4.69) is 21.6 Å². The summed E-state index contributed by atoms with van der Waals surface area (Å²) in [6, 6.07) is 0. The number of hydrogen-bond donors (Lipinski definition) is 0. The van der Waals surface area contributed by atoms with Crippen LogP contribution < -0.4 is 0 Å². The summed E-state index contributed by atoms with van der Waals surface area (Å²) in [5.41, 5.74) is 0. The van der Waals surface area contributed by atoms with E-state index in [-0.39, 0.29) is 0 Å². The highest BCUT2D eigenvalue weighted by Crippen LogP contribution is 2.26. The first-order valence-corrected chi connectivity index (χ1v) is 19.6. The first kappa shape index (κ1) is 42.5. The molecule has 0 aliphatic rings. The van der Waals surface area contributed by atoms with Crippen molar-refractivity contribution < 1.29 is 28.4 Å². The van der Waals surface area contributed by atoms with Crippen molar-refractivity contribution in [2.45, 2.75) is 166 Å². The van der Waals surface area contributed by atoms with Gasteiger partial charge in [0.05, 0.1) is 0 Å². The van der Waals surface area contributed by atoms with Crippen molar-refractivity contribution in [1.29, 1.82) is 0 Å². The van der Waals surface area contributed by atoms with Gasteiger partial charge in [0, 0.05) is 67.0 Å². The van der Waals surface area contributed by atoms with Gasteiger partial charge in [-0.15, -0.1) is 0 Å². The van der Waals surface area contributed by atoms with Crippen LogP contribution in [0, 0.1) is 0 Å². The average molecular weight is 639 g/mol. The fraction of sp³-hybridized carbons (Fsp3) is 1.00. The van der Waals surface area contributed by atoms with E-state index in [1.54, 1.807) is 42.7 Å². The minimum atomic E-state index is -0.852. The van der Waals surface area contributed by atoms with Gasteiger partial charge in [0.2, 0.25) is 0 Å². The van der Waals surface area contributed by atoms with E-state index >= 15 is 0 Å². The van der Waals surface area contributed by atoms with E-state index in [1.807, 2.05) is 0 Å². The summed E-state index contributed by atoms with van der Waals surface area (Å²) >= 11 is 0.